The monoisotopic (exact) mass is 566 g/mol. The Kier molecular flexibility index (Phi) is 26.8. The summed E-state index contributed by atoms with van der Waals surface area (Å²) in [5, 5.41) is 9.02. The van der Waals surface area contributed by atoms with Gasteiger partial charge in [0.1, 0.15) is 6.04 Å². The average molecular weight is 567 g/mol. The molecule has 1 rings (SSSR count). The molecular weight excluding hydrogens is 508 g/mol. The van der Waals surface area contributed by atoms with Crippen LogP contribution in [-0.4, -0.2) is 44.0 Å². The Morgan fingerprint density at radius 2 is 1.23 bits per heavy atom. The van der Waals surface area contributed by atoms with Crippen LogP contribution in [0.5, 0.6) is 0 Å². The van der Waals surface area contributed by atoms with Crippen LogP contribution < -0.4 is 21.7 Å². The standard InChI is InChI=1S/C32H58N4O2.ClH/c1-2-3-4-5-6-7-8-9-10-11-12-13-14-15-16-20-25-34-28-31(37)36-30(32(38)35-26-21-24-33)27-29-22-18-17-19-23-29;/h17-19,22-23,30,34H,2-16,20-21,24-28,33H2,1H3,(H,35,38)(H,36,37);1H/t30-;/m0./s1. The summed E-state index contributed by atoms with van der Waals surface area (Å²) in [4.78, 5) is 25.1. The highest BCUT2D eigenvalue weighted by atomic mass is 35.5. The molecule has 1 aromatic rings. The maximum atomic E-state index is 12.6. The van der Waals surface area contributed by atoms with Crippen LogP contribution in [0.25, 0.3) is 0 Å². The largest absolute Gasteiger partial charge is 0.354 e. The number of nitrogens with two attached hydrogens (primary N) is 1. The molecule has 0 aliphatic carbocycles. The first-order valence-electron chi connectivity index (χ1n) is 15.7. The van der Waals surface area contributed by atoms with E-state index in [1.54, 1.807) is 0 Å². The van der Waals surface area contributed by atoms with Crippen molar-refractivity contribution in [1.82, 2.24) is 16.0 Å². The van der Waals surface area contributed by atoms with E-state index in [4.69, 9.17) is 5.73 Å². The predicted molar refractivity (Wildman–Crippen MR) is 168 cm³/mol. The highest BCUT2D eigenvalue weighted by Crippen LogP contribution is 2.13. The lowest BCUT2D eigenvalue weighted by Crippen LogP contribution is -2.50. The number of amides is 2. The zero-order chi connectivity index (χ0) is 27.5. The maximum Gasteiger partial charge on any atom is 0.242 e. The van der Waals surface area contributed by atoms with E-state index >= 15 is 0 Å². The van der Waals surface area contributed by atoms with E-state index in [1.165, 1.54) is 96.3 Å². The molecule has 39 heavy (non-hydrogen) atoms. The lowest BCUT2D eigenvalue weighted by atomic mass is 10.0. The first kappa shape index (κ1) is 37.4. The second-order valence-electron chi connectivity index (χ2n) is 10.7. The Bertz CT molecular complexity index is 690. The first-order valence-corrected chi connectivity index (χ1v) is 15.7. The molecule has 0 radical (unpaired) electrons. The number of hydrogen-bond donors (Lipinski definition) is 4. The molecule has 0 aliphatic rings. The molecule has 0 unspecified atom stereocenters. The lowest BCUT2D eigenvalue weighted by molar-refractivity contribution is -0.128. The summed E-state index contributed by atoms with van der Waals surface area (Å²) in [6.07, 6.45) is 22.9. The number of rotatable bonds is 26. The van der Waals surface area contributed by atoms with Crippen LogP contribution in [-0.2, 0) is 16.0 Å². The van der Waals surface area contributed by atoms with Gasteiger partial charge in [0.05, 0.1) is 6.54 Å². The molecule has 0 saturated heterocycles. The highest BCUT2D eigenvalue weighted by molar-refractivity contribution is 5.88. The highest BCUT2D eigenvalue weighted by Gasteiger charge is 2.20. The van der Waals surface area contributed by atoms with Gasteiger partial charge in [0.15, 0.2) is 0 Å². The van der Waals surface area contributed by atoms with Crippen molar-refractivity contribution >= 4 is 24.2 Å². The van der Waals surface area contributed by atoms with E-state index in [-0.39, 0.29) is 30.8 Å². The molecule has 0 spiro atoms. The Balaban J connectivity index is 0.0000144. The Morgan fingerprint density at radius 3 is 1.74 bits per heavy atom. The summed E-state index contributed by atoms with van der Waals surface area (Å²) < 4.78 is 0. The van der Waals surface area contributed by atoms with Crippen LogP contribution in [0.4, 0.5) is 0 Å². The van der Waals surface area contributed by atoms with Crippen molar-refractivity contribution in [2.24, 2.45) is 5.73 Å². The van der Waals surface area contributed by atoms with E-state index < -0.39 is 6.04 Å². The van der Waals surface area contributed by atoms with E-state index in [0.717, 1.165) is 24.9 Å². The van der Waals surface area contributed by atoms with Crippen LogP contribution >= 0.6 is 12.4 Å². The molecule has 0 aliphatic heterocycles. The first-order chi connectivity index (χ1) is 18.7. The summed E-state index contributed by atoms with van der Waals surface area (Å²) in [5.74, 6) is -0.301. The fraction of sp³-hybridized carbons (Fsp3) is 0.750. The van der Waals surface area contributed by atoms with Crippen LogP contribution in [0.2, 0.25) is 0 Å². The second kappa shape index (κ2) is 27.9. The van der Waals surface area contributed by atoms with Crippen molar-refractivity contribution in [2.75, 3.05) is 26.2 Å². The van der Waals surface area contributed by atoms with Crippen molar-refractivity contribution in [3.8, 4) is 0 Å². The Hall–Kier alpha value is -1.63. The van der Waals surface area contributed by atoms with Gasteiger partial charge in [0, 0.05) is 13.0 Å². The van der Waals surface area contributed by atoms with Gasteiger partial charge in [0.25, 0.3) is 0 Å². The van der Waals surface area contributed by atoms with Gasteiger partial charge in [-0.25, -0.2) is 0 Å². The minimum absolute atomic E-state index is 0. The van der Waals surface area contributed by atoms with Crippen LogP contribution in [0.1, 0.15) is 122 Å². The van der Waals surface area contributed by atoms with Gasteiger partial charge in [-0.1, -0.05) is 134 Å². The number of carbonyl (C=O) groups excluding carboxylic acids is 2. The third kappa shape index (κ3) is 22.8. The quantitative estimate of drug-likeness (QED) is 0.0968. The van der Waals surface area contributed by atoms with Crippen molar-refractivity contribution in [2.45, 2.75) is 129 Å². The third-order valence-corrected chi connectivity index (χ3v) is 7.11. The van der Waals surface area contributed by atoms with E-state index in [1.807, 2.05) is 30.3 Å². The molecule has 0 aromatic heterocycles. The van der Waals surface area contributed by atoms with Crippen LogP contribution in [0.3, 0.4) is 0 Å². The fourth-order valence-electron chi connectivity index (χ4n) is 4.74. The zero-order valence-corrected chi connectivity index (χ0v) is 25.6. The summed E-state index contributed by atoms with van der Waals surface area (Å²) in [7, 11) is 0. The van der Waals surface area contributed by atoms with Gasteiger partial charge in [-0.15, -0.1) is 12.4 Å². The average Bonchev–Trinajstić information content (AvgIpc) is 2.92. The molecule has 1 atom stereocenters. The van der Waals surface area contributed by atoms with Crippen molar-refractivity contribution in [3.05, 3.63) is 35.9 Å². The molecular formula is C32H59ClN4O2. The predicted octanol–water partition coefficient (Wildman–Crippen LogP) is 6.45. The molecule has 2 amide bonds. The van der Waals surface area contributed by atoms with Gasteiger partial charge >= 0.3 is 0 Å². The van der Waals surface area contributed by atoms with E-state index in [0.29, 0.717) is 19.5 Å². The second-order valence-corrected chi connectivity index (χ2v) is 10.7. The third-order valence-electron chi connectivity index (χ3n) is 7.11. The van der Waals surface area contributed by atoms with Gasteiger partial charge in [-0.05, 0) is 31.5 Å². The minimum Gasteiger partial charge on any atom is -0.354 e. The lowest BCUT2D eigenvalue weighted by Gasteiger charge is -2.19. The van der Waals surface area contributed by atoms with E-state index in [2.05, 4.69) is 22.9 Å². The Labute approximate surface area is 245 Å². The van der Waals surface area contributed by atoms with Gasteiger partial charge in [0.2, 0.25) is 11.8 Å². The smallest absolute Gasteiger partial charge is 0.242 e. The topological polar surface area (TPSA) is 96.2 Å². The molecule has 7 heteroatoms. The molecule has 226 valence electrons. The summed E-state index contributed by atoms with van der Waals surface area (Å²) in [5.41, 5.74) is 6.54. The van der Waals surface area contributed by atoms with Gasteiger partial charge in [-0.2, -0.15) is 0 Å². The summed E-state index contributed by atoms with van der Waals surface area (Å²) in [6, 6.07) is 9.20. The van der Waals surface area contributed by atoms with Crippen LogP contribution in [0.15, 0.2) is 30.3 Å². The van der Waals surface area contributed by atoms with Crippen molar-refractivity contribution in [3.63, 3.8) is 0 Å². The number of hydrogen-bond acceptors (Lipinski definition) is 4. The fourth-order valence-corrected chi connectivity index (χ4v) is 4.74. The molecule has 0 bridgehead atoms. The van der Waals surface area contributed by atoms with Crippen molar-refractivity contribution < 1.29 is 9.59 Å². The molecule has 5 N–H and O–H groups in total. The molecule has 0 fully saturated rings. The minimum atomic E-state index is -0.583. The summed E-state index contributed by atoms with van der Waals surface area (Å²) >= 11 is 0. The SMILES string of the molecule is CCCCCCCCCCCCCCCCCCNCC(=O)N[C@@H](Cc1ccccc1)C(=O)NCCCN.Cl. The van der Waals surface area contributed by atoms with E-state index in [9.17, 15) is 9.59 Å². The molecule has 0 heterocycles. The molecule has 6 nitrogen and oxygen atoms in total. The number of unbranched alkanes of at least 4 members (excludes halogenated alkanes) is 15. The van der Waals surface area contributed by atoms with Gasteiger partial charge in [-0.3, -0.25) is 9.59 Å². The zero-order valence-electron chi connectivity index (χ0n) is 24.8. The number of nitrogens with one attached hydrogen (secondary N) is 3. The van der Waals surface area contributed by atoms with Crippen molar-refractivity contribution in [1.29, 1.82) is 0 Å². The summed E-state index contributed by atoms with van der Waals surface area (Å²) in [6.45, 7) is 4.40. The number of benzene rings is 1. The van der Waals surface area contributed by atoms with Gasteiger partial charge < -0.3 is 21.7 Å². The Morgan fingerprint density at radius 1 is 0.718 bits per heavy atom. The maximum absolute atomic E-state index is 12.6. The number of halogens is 1. The van der Waals surface area contributed by atoms with Crippen LogP contribution in [0, 0.1) is 0 Å². The molecule has 1 aromatic carbocycles. The normalized spacial score (nSPS) is 11.5. The molecule has 0 saturated carbocycles. The number of carbonyl (C=O) groups is 2.